The molecule has 4 heteroatoms. The Hall–Kier alpha value is -4.05. The van der Waals surface area contributed by atoms with Crippen molar-refractivity contribution < 1.29 is 19.4 Å². The molecule has 0 fully saturated rings. The molecule has 0 spiro atoms. The van der Waals surface area contributed by atoms with Crippen LogP contribution >= 0.6 is 0 Å². The lowest BCUT2D eigenvalue weighted by Gasteiger charge is -2.27. The van der Waals surface area contributed by atoms with Crippen LogP contribution in [-0.4, -0.2) is 11.1 Å². The number of carbonyl (C=O) groups is 1. The lowest BCUT2D eigenvalue weighted by atomic mass is 9.77. The van der Waals surface area contributed by atoms with Crippen molar-refractivity contribution in [2.75, 3.05) is 0 Å². The first-order valence-corrected chi connectivity index (χ1v) is 10.4. The largest absolute Gasteiger partial charge is 0.507 e. The van der Waals surface area contributed by atoms with E-state index in [-0.39, 0.29) is 11.3 Å². The summed E-state index contributed by atoms with van der Waals surface area (Å²) in [4.78, 5) is 12.7. The first-order valence-electron chi connectivity index (χ1n) is 10.4. The number of aromatic hydroxyl groups is 1. The number of para-hydroxylation sites is 2. The molecule has 4 aromatic carbocycles. The van der Waals surface area contributed by atoms with Gasteiger partial charge in [-0.2, -0.15) is 0 Å². The van der Waals surface area contributed by atoms with E-state index in [4.69, 9.17) is 9.47 Å². The molecule has 0 unspecified atom stereocenters. The number of esters is 1. The summed E-state index contributed by atoms with van der Waals surface area (Å²) in [5.41, 5.74) is 1.64. The SMILES string of the molecule is CC(C)(c1ccc(Oc2ccccc2)cc1)c1ccc(O)c(C(=O)Oc2ccccc2)c1. The monoisotopic (exact) mass is 424 g/mol. The summed E-state index contributed by atoms with van der Waals surface area (Å²) in [6.07, 6.45) is 0. The molecule has 0 aliphatic heterocycles. The van der Waals surface area contributed by atoms with Gasteiger partial charge >= 0.3 is 5.97 Å². The molecular weight excluding hydrogens is 400 g/mol. The molecule has 160 valence electrons. The minimum absolute atomic E-state index is 0.114. The average Bonchev–Trinajstić information content (AvgIpc) is 2.81. The Balaban J connectivity index is 1.57. The van der Waals surface area contributed by atoms with Crippen LogP contribution in [0.5, 0.6) is 23.0 Å². The maximum Gasteiger partial charge on any atom is 0.347 e. The molecule has 0 saturated carbocycles. The van der Waals surface area contributed by atoms with Gasteiger partial charge in [-0.05, 0) is 59.7 Å². The minimum atomic E-state index is -0.599. The highest BCUT2D eigenvalue weighted by atomic mass is 16.5. The number of phenolic OH excluding ortho intramolecular Hbond substituents is 1. The lowest BCUT2D eigenvalue weighted by molar-refractivity contribution is 0.0731. The van der Waals surface area contributed by atoms with Crippen molar-refractivity contribution in [1.29, 1.82) is 0 Å². The van der Waals surface area contributed by atoms with Crippen molar-refractivity contribution >= 4 is 5.97 Å². The summed E-state index contributed by atoms with van der Waals surface area (Å²) < 4.78 is 11.3. The highest BCUT2D eigenvalue weighted by Crippen LogP contribution is 2.35. The molecule has 0 atom stereocenters. The van der Waals surface area contributed by atoms with Crippen molar-refractivity contribution in [1.82, 2.24) is 0 Å². The number of hydrogen-bond acceptors (Lipinski definition) is 4. The summed E-state index contributed by atoms with van der Waals surface area (Å²) in [5, 5.41) is 10.3. The van der Waals surface area contributed by atoms with Crippen LogP contribution in [0.3, 0.4) is 0 Å². The van der Waals surface area contributed by atoms with E-state index in [1.807, 2.05) is 66.7 Å². The maximum absolute atomic E-state index is 12.7. The minimum Gasteiger partial charge on any atom is -0.507 e. The van der Waals surface area contributed by atoms with E-state index in [9.17, 15) is 9.90 Å². The summed E-state index contributed by atoms with van der Waals surface area (Å²) in [6.45, 7) is 4.14. The molecule has 0 bridgehead atoms. The van der Waals surface area contributed by atoms with Crippen LogP contribution in [0.4, 0.5) is 0 Å². The van der Waals surface area contributed by atoms with Crippen LogP contribution in [0, 0.1) is 0 Å². The lowest BCUT2D eigenvalue weighted by Crippen LogP contribution is -2.20. The normalized spacial score (nSPS) is 11.1. The second kappa shape index (κ2) is 8.98. The molecule has 4 aromatic rings. The van der Waals surface area contributed by atoms with Gasteiger partial charge in [0.25, 0.3) is 0 Å². The van der Waals surface area contributed by atoms with Crippen LogP contribution in [0.15, 0.2) is 103 Å². The van der Waals surface area contributed by atoms with Gasteiger partial charge in [-0.1, -0.05) is 68.4 Å². The molecular formula is C28H24O4. The van der Waals surface area contributed by atoms with Crippen molar-refractivity contribution in [3.8, 4) is 23.0 Å². The average molecular weight is 424 g/mol. The molecule has 0 aliphatic rings. The van der Waals surface area contributed by atoms with Gasteiger partial charge in [-0.3, -0.25) is 0 Å². The van der Waals surface area contributed by atoms with Gasteiger partial charge < -0.3 is 14.6 Å². The van der Waals surface area contributed by atoms with Crippen molar-refractivity contribution in [3.05, 3.63) is 120 Å². The Labute approximate surface area is 187 Å². The Morgan fingerprint density at radius 3 is 1.84 bits per heavy atom. The van der Waals surface area contributed by atoms with Gasteiger partial charge in [-0.25, -0.2) is 4.79 Å². The fourth-order valence-corrected chi connectivity index (χ4v) is 3.47. The van der Waals surface area contributed by atoms with E-state index in [0.29, 0.717) is 5.75 Å². The van der Waals surface area contributed by atoms with E-state index >= 15 is 0 Å². The molecule has 0 amide bonds. The van der Waals surface area contributed by atoms with Gasteiger partial charge in [0.15, 0.2) is 0 Å². The molecule has 0 aromatic heterocycles. The molecule has 32 heavy (non-hydrogen) atoms. The van der Waals surface area contributed by atoms with Crippen molar-refractivity contribution in [2.45, 2.75) is 19.3 Å². The van der Waals surface area contributed by atoms with Crippen LogP contribution < -0.4 is 9.47 Å². The topological polar surface area (TPSA) is 55.8 Å². The molecule has 4 rings (SSSR count). The third-order valence-electron chi connectivity index (χ3n) is 5.45. The summed E-state index contributed by atoms with van der Waals surface area (Å²) in [7, 11) is 0. The van der Waals surface area contributed by atoms with E-state index in [2.05, 4.69) is 13.8 Å². The Kier molecular flexibility index (Phi) is 5.95. The molecule has 0 heterocycles. The molecule has 4 nitrogen and oxygen atoms in total. The van der Waals surface area contributed by atoms with Crippen molar-refractivity contribution in [3.63, 3.8) is 0 Å². The zero-order valence-electron chi connectivity index (χ0n) is 18.0. The number of phenols is 1. The fraction of sp³-hybridized carbons (Fsp3) is 0.107. The third kappa shape index (κ3) is 4.65. The predicted octanol–water partition coefficient (Wildman–Crippen LogP) is 6.73. The van der Waals surface area contributed by atoms with Gasteiger partial charge in [0, 0.05) is 5.41 Å². The first-order chi connectivity index (χ1) is 15.4. The highest BCUT2D eigenvalue weighted by molar-refractivity contribution is 5.94. The predicted molar refractivity (Wildman–Crippen MR) is 125 cm³/mol. The van der Waals surface area contributed by atoms with Gasteiger partial charge in [0.05, 0.1) is 0 Å². The first kappa shape index (κ1) is 21.2. The quantitative estimate of drug-likeness (QED) is 0.275. The van der Waals surface area contributed by atoms with Gasteiger partial charge in [0.1, 0.15) is 28.6 Å². The van der Waals surface area contributed by atoms with Crippen LogP contribution in [0.1, 0.15) is 35.3 Å². The number of rotatable bonds is 6. The zero-order valence-corrected chi connectivity index (χ0v) is 18.0. The van der Waals surface area contributed by atoms with E-state index in [0.717, 1.165) is 22.6 Å². The molecule has 0 aliphatic carbocycles. The third-order valence-corrected chi connectivity index (χ3v) is 5.45. The Bertz CT molecular complexity index is 1200. The number of hydrogen-bond donors (Lipinski definition) is 1. The Morgan fingerprint density at radius 2 is 1.22 bits per heavy atom. The summed E-state index contributed by atoms with van der Waals surface area (Å²) >= 11 is 0. The van der Waals surface area contributed by atoms with Crippen LogP contribution in [-0.2, 0) is 5.41 Å². The number of carbonyl (C=O) groups excluding carboxylic acids is 1. The molecule has 1 N–H and O–H groups in total. The summed E-state index contributed by atoms with van der Waals surface area (Å²) in [6, 6.07) is 31.3. The van der Waals surface area contributed by atoms with Gasteiger partial charge in [0.2, 0.25) is 0 Å². The van der Waals surface area contributed by atoms with Crippen LogP contribution in [0.25, 0.3) is 0 Å². The highest BCUT2D eigenvalue weighted by Gasteiger charge is 2.26. The van der Waals surface area contributed by atoms with E-state index < -0.39 is 11.4 Å². The molecule has 0 saturated heterocycles. The van der Waals surface area contributed by atoms with Crippen molar-refractivity contribution in [2.24, 2.45) is 0 Å². The van der Waals surface area contributed by atoms with E-state index in [1.165, 1.54) is 6.07 Å². The number of ether oxygens (including phenoxy) is 2. The zero-order chi connectivity index (χ0) is 22.6. The Morgan fingerprint density at radius 1 is 0.688 bits per heavy atom. The number of benzene rings is 4. The van der Waals surface area contributed by atoms with Crippen LogP contribution in [0.2, 0.25) is 0 Å². The second-order valence-electron chi connectivity index (χ2n) is 8.00. The van der Waals surface area contributed by atoms with Gasteiger partial charge in [-0.15, -0.1) is 0 Å². The maximum atomic E-state index is 12.7. The summed E-state index contributed by atoms with van der Waals surface area (Å²) in [5.74, 6) is 1.24. The second-order valence-corrected chi connectivity index (χ2v) is 8.00. The fourth-order valence-electron chi connectivity index (χ4n) is 3.47. The standard InChI is InChI=1S/C28H24O4/c1-28(2,20-13-16-24(17-14-20)31-22-9-5-3-6-10-22)21-15-18-26(29)25(19-21)27(30)32-23-11-7-4-8-12-23/h3-19,29H,1-2H3. The van der Waals surface area contributed by atoms with E-state index in [1.54, 1.807) is 30.3 Å². The molecule has 0 radical (unpaired) electrons. The smallest absolute Gasteiger partial charge is 0.347 e.